The number of rotatable bonds is 7. The molecule has 0 saturated heterocycles. The largest absolute Gasteiger partial charge is 0.351 e. The number of anilines is 2. The molecule has 5 heteroatoms. The molecule has 1 heterocycles. The molecule has 0 aliphatic rings. The van der Waals surface area contributed by atoms with Gasteiger partial charge in [-0.05, 0) is 45.3 Å². The van der Waals surface area contributed by atoms with Crippen LogP contribution < -0.4 is 10.2 Å². The van der Waals surface area contributed by atoms with Crippen LogP contribution in [0.1, 0.15) is 17.3 Å². The van der Waals surface area contributed by atoms with Gasteiger partial charge in [-0.25, -0.2) is 4.98 Å². The molecule has 0 fully saturated rings. The van der Waals surface area contributed by atoms with E-state index in [1.807, 2.05) is 61.5 Å². The van der Waals surface area contributed by atoms with E-state index in [1.54, 1.807) is 6.20 Å². The highest BCUT2D eigenvalue weighted by molar-refractivity contribution is 5.94. The zero-order chi connectivity index (χ0) is 16.7. The van der Waals surface area contributed by atoms with E-state index in [-0.39, 0.29) is 5.91 Å². The number of likely N-dealkylation sites (N-methyl/N-ethyl adjacent to an activating group) is 1. The smallest absolute Gasteiger partial charge is 0.252 e. The third kappa shape index (κ3) is 4.79. The Labute approximate surface area is 137 Å². The minimum atomic E-state index is -0.0892. The van der Waals surface area contributed by atoms with Gasteiger partial charge in [-0.1, -0.05) is 18.2 Å². The Morgan fingerprint density at radius 1 is 1.13 bits per heavy atom. The Morgan fingerprint density at radius 2 is 1.87 bits per heavy atom. The van der Waals surface area contributed by atoms with Crippen LogP contribution in [-0.2, 0) is 0 Å². The fraction of sp³-hybridized carbons (Fsp3) is 0.333. The Balaban J connectivity index is 2.05. The van der Waals surface area contributed by atoms with Gasteiger partial charge in [0.2, 0.25) is 0 Å². The standard InChI is InChI=1S/C18H24N4O/c1-4-22(16-8-6-5-7-9-16)17-11-10-15(14-20-17)18(23)19-12-13-21(2)3/h5-11,14H,4,12-13H2,1-3H3,(H,19,23). The van der Waals surface area contributed by atoms with Crippen LogP contribution in [0.5, 0.6) is 0 Å². The number of hydrogen-bond acceptors (Lipinski definition) is 4. The van der Waals surface area contributed by atoms with Crippen molar-refractivity contribution in [2.24, 2.45) is 0 Å². The maximum absolute atomic E-state index is 12.1. The lowest BCUT2D eigenvalue weighted by molar-refractivity contribution is 0.0950. The lowest BCUT2D eigenvalue weighted by atomic mass is 10.2. The molecule has 0 aliphatic heterocycles. The van der Waals surface area contributed by atoms with E-state index >= 15 is 0 Å². The minimum absolute atomic E-state index is 0.0892. The first-order valence-electron chi connectivity index (χ1n) is 7.83. The number of aromatic nitrogens is 1. The van der Waals surface area contributed by atoms with Crippen molar-refractivity contribution in [2.45, 2.75) is 6.92 Å². The Hall–Kier alpha value is -2.40. The molecule has 1 aromatic heterocycles. The number of carbonyl (C=O) groups excluding carboxylic acids is 1. The molecule has 0 unspecified atom stereocenters. The molecule has 23 heavy (non-hydrogen) atoms. The van der Waals surface area contributed by atoms with E-state index in [2.05, 4.69) is 22.1 Å². The molecular weight excluding hydrogens is 288 g/mol. The van der Waals surface area contributed by atoms with Gasteiger partial charge < -0.3 is 15.1 Å². The number of benzene rings is 1. The zero-order valence-corrected chi connectivity index (χ0v) is 14.0. The van der Waals surface area contributed by atoms with Gasteiger partial charge in [-0.2, -0.15) is 0 Å². The van der Waals surface area contributed by atoms with Crippen molar-refractivity contribution >= 4 is 17.4 Å². The van der Waals surface area contributed by atoms with Crippen LogP contribution in [0.3, 0.4) is 0 Å². The van der Waals surface area contributed by atoms with Crippen molar-refractivity contribution in [3.63, 3.8) is 0 Å². The molecule has 0 atom stereocenters. The highest BCUT2D eigenvalue weighted by atomic mass is 16.1. The molecule has 0 aliphatic carbocycles. The van der Waals surface area contributed by atoms with Crippen LogP contribution in [0.15, 0.2) is 48.7 Å². The predicted octanol–water partition coefficient (Wildman–Crippen LogP) is 2.53. The van der Waals surface area contributed by atoms with Gasteiger partial charge in [-0.15, -0.1) is 0 Å². The summed E-state index contributed by atoms with van der Waals surface area (Å²) in [5.74, 6) is 0.747. The highest BCUT2D eigenvalue weighted by Crippen LogP contribution is 2.22. The van der Waals surface area contributed by atoms with Gasteiger partial charge in [0.1, 0.15) is 5.82 Å². The number of nitrogens with one attached hydrogen (secondary N) is 1. The normalized spacial score (nSPS) is 10.6. The van der Waals surface area contributed by atoms with Crippen molar-refractivity contribution in [3.05, 3.63) is 54.2 Å². The van der Waals surface area contributed by atoms with E-state index in [9.17, 15) is 4.79 Å². The van der Waals surface area contributed by atoms with E-state index in [4.69, 9.17) is 0 Å². The second-order valence-corrected chi connectivity index (χ2v) is 5.54. The van der Waals surface area contributed by atoms with Crippen LogP contribution >= 0.6 is 0 Å². The van der Waals surface area contributed by atoms with Gasteiger partial charge >= 0.3 is 0 Å². The fourth-order valence-electron chi connectivity index (χ4n) is 2.26. The third-order valence-electron chi connectivity index (χ3n) is 3.52. The van der Waals surface area contributed by atoms with Crippen molar-refractivity contribution < 1.29 is 4.79 Å². The van der Waals surface area contributed by atoms with E-state index in [1.165, 1.54) is 0 Å². The number of para-hydroxylation sites is 1. The molecular formula is C18H24N4O. The summed E-state index contributed by atoms with van der Waals surface area (Å²) < 4.78 is 0. The summed E-state index contributed by atoms with van der Waals surface area (Å²) >= 11 is 0. The number of carbonyl (C=O) groups is 1. The summed E-state index contributed by atoms with van der Waals surface area (Å²) in [5, 5.41) is 2.89. The minimum Gasteiger partial charge on any atom is -0.351 e. The molecule has 1 N–H and O–H groups in total. The Kier molecular flexibility index (Phi) is 6.11. The number of nitrogens with zero attached hydrogens (tertiary/aromatic N) is 3. The molecule has 122 valence electrons. The molecule has 1 aromatic carbocycles. The van der Waals surface area contributed by atoms with Crippen LogP contribution in [0, 0.1) is 0 Å². The SMILES string of the molecule is CCN(c1ccccc1)c1ccc(C(=O)NCCN(C)C)cn1. The molecule has 5 nitrogen and oxygen atoms in total. The van der Waals surface area contributed by atoms with Crippen LogP contribution in [0.2, 0.25) is 0 Å². The van der Waals surface area contributed by atoms with Crippen LogP contribution in [-0.4, -0.2) is 49.5 Å². The average molecular weight is 312 g/mol. The fourth-order valence-corrected chi connectivity index (χ4v) is 2.26. The number of pyridine rings is 1. The maximum atomic E-state index is 12.1. The molecule has 0 saturated carbocycles. The first kappa shape index (κ1) is 17.0. The van der Waals surface area contributed by atoms with Gasteiger partial charge in [0.05, 0.1) is 5.56 Å². The molecule has 0 radical (unpaired) electrons. The van der Waals surface area contributed by atoms with Gasteiger partial charge in [0, 0.05) is 31.5 Å². The molecule has 2 aromatic rings. The predicted molar refractivity (Wildman–Crippen MR) is 94.2 cm³/mol. The van der Waals surface area contributed by atoms with E-state index in [0.29, 0.717) is 12.1 Å². The van der Waals surface area contributed by atoms with Gasteiger partial charge in [-0.3, -0.25) is 4.79 Å². The van der Waals surface area contributed by atoms with E-state index < -0.39 is 0 Å². The van der Waals surface area contributed by atoms with Crippen molar-refractivity contribution in [1.82, 2.24) is 15.2 Å². The summed E-state index contributed by atoms with van der Waals surface area (Å²) in [6.45, 7) is 4.33. The van der Waals surface area contributed by atoms with Gasteiger partial charge in [0.15, 0.2) is 0 Å². The molecule has 0 spiro atoms. The summed E-state index contributed by atoms with van der Waals surface area (Å²) in [6, 6.07) is 13.8. The quantitative estimate of drug-likeness (QED) is 0.853. The lowest BCUT2D eigenvalue weighted by Crippen LogP contribution is -2.31. The molecule has 1 amide bonds. The van der Waals surface area contributed by atoms with E-state index in [0.717, 1.165) is 24.6 Å². The second-order valence-electron chi connectivity index (χ2n) is 5.54. The lowest BCUT2D eigenvalue weighted by Gasteiger charge is -2.22. The topological polar surface area (TPSA) is 48.5 Å². The first-order chi connectivity index (χ1) is 11.1. The third-order valence-corrected chi connectivity index (χ3v) is 3.52. The van der Waals surface area contributed by atoms with Crippen LogP contribution in [0.4, 0.5) is 11.5 Å². The van der Waals surface area contributed by atoms with Crippen molar-refractivity contribution in [2.75, 3.05) is 38.6 Å². The van der Waals surface area contributed by atoms with Crippen molar-refractivity contribution in [3.8, 4) is 0 Å². The second kappa shape index (κ2) is 8.29. The number of amides is 1. The number of hydrogen-bond donors (Lipinski definition) is 1. The summed E-state index contributed by atoms with van der Waals surface area (Å²) in [4.78, 5) is 20.6. The summed E-state index contributed by atoms with van der Waals surface area (Å²) in [6.07, 6.45) is 1.63. The molecule has 0 bridgehead atoms. The van der Waals surface area contributed by atoms with Gasteiger partial charge in [0.25, 0.3) is 5.91 Å². The highest BCUT2D eigenvalue weighted by Gasteiger charge is 2.10. The maximum Gasteiger partial charge on any atom is 0.252 e. The summed E-state index contributed by atoms with van der Waals surface area (Å²) in [5.41, 5.74) is 1.67. The summed E-state index contributed by atoms with van der Waals surface area (Å²) in [7, 11) is 3.96. The first-order valence-corrected chi connectivity index (χ1v) is 7.83. The van der Waals surface area contributed by atoms with Crippen molar-refractivity contribution in [1.29, 1.82) is 0 Å². The monoisotopic (exact) mass is 312 g/mol. The Bertz CT molecular complexity index is 611. The Morgan fingerprint density at radius 3 is 2.43 bits per heavy atom. The molecule has 2 rings (SSSR count). The van der Waals surface area contributed by atoms with Crippen LogP contribution in [0.25, 0.3) is 0 Å². The average Bonchev–Trinajstić information content (AvgIpc) is 2.57. The zero-order valence-electron chi connectivity index (χ0n) is 14.0.